The van der Waals surface area contributed by atoms with Gasteiger partial charge in [-0.05, 0) is 32.1 Å². The van der Waals surface area contributed by atoms with Crippen molar-refractivity contribution < 1.29 is 9.47 Å². The topological polar surface area (TPSA) is 148 Å². The first-order valence-electron chi connectivity index (χ1n) is 10.7. The van der Waals surface area contributed by atoms with E-state index in [2.05, 4.69) is 25.5 Å². The highest BCUT2D eigenvalue weighted by atomic mass is 16.5. The molecule has 0 aromatic carbocycles. The zero-order valence-electron chi connectivity index (χ0n) is 17.7. The zero-order chi connectivity index (χ0) is 22.1. The number of methoxy groups -OCH3 is 1. The standard InChI is InChI=1S/C22H24N8O2/c1-31-22-21(16-8-19(30-29-16)28-20-11-25-13(9-23)10-26-20)18(7-15(27-22)12-5-6-12)32-17-4-2-3-14(17)24/h7-8,10-12,14,17H,2-6,24H2,1H3,(H2,26,28,29,30)/t14-,17-/m1/s1. The molecule has 0 unspecified atom stereocenters. The third kappa shape index (κ3) is 4.07. The van der Waals surface area contributed by atoms with Gasteiger partial charge in [0.2, 0.25) is 5.88 Å². The van der Waals surface area contributed by atoms with Crippen LogP contribution in [0.5, 0.6) is 11.6 Å². The van der Waals surface area contributed by atoms with Crippen LogP contribution in [-0.2, 0) is 0 Å². The predicted octanol–water partition coefficient (Wildman–Crippen LogP) is 3.02. The molecule has 2 atom stereocenters. The highest BCUT2D eigenvalue weighted by Gasteiger charge is 2.31. The number of H-pyrrole nitrogens is 1. The molecule has 2 saturated carbocycles. The van der Waals surface area contributed by atoms with Crippen molar-refractivity contribution in [2.24, 2.45) is 5.73 Å². The molecule has 2 fully saturated rings. The Labute approximate surface area is 185 Å². The molecule has 32 heavy (non-hydrogen) atoms. The van der Waals surface area contributed by atoms with Crippen LogP contribution < -0.4 is 20.5 Å². The number of anilines is 2. The van der Waals surface area contributed by atoms with Gasteiger partial charge in [0.1, 0.15) is 29.3 Å². The number of pyridine rings is 1. The number of rotatable bonds is 7. The number of aromatic amines is 1. The Hall–Kier alpha value is -3.71. The lowest BCUT2D eigenvalue weighted by molar-refractivity contribution is 0.191. The number of aromatic nitrogens is 5. The SMILES string of the molecule is COc1nc(C2CC2)cc(O[C@@H]2CCC[C@H]2N)c1-c1cc(Nc2cnc(C#N)cn2)n[nH]1. The molecule has 10 nitrogen and oxygen atoms in total. The summed E-state index contributed by atoms with van der Waals surface area (Å²) < 4.78 is 12.1. The van der Waals surface area contributed by atoms with E-state index in [0.29, 0.717) is 40.4 Å². The van der Waals surface area contributed by atoms with Gasteiger partial charge in [-0.2, -0.15) is 10.4 Å². The molecule has 3 heterocycles. The van der Waals surface area contributed by atoms with Gasteiger partial charge in [0.25, 0.3) is 0 Å². The Bertz CT molecular complexity index is 1150. The van der Waals surface area contributed by atoms with Crippen molar-refractivity contribution in [3.63, 3.8) is 0 Å². The van der Waals surface area contributed by atoms with Crippen LogP contribution in [0.4, 0.5) is 11.6 Å². The molecule has 3 aromatic heterocycles. The molecule has 164 valence electrons. The number of nitrogens with one attached hydrogen (secondary N) is 2. The van der Waals surface area contributed by atoms with Gasteiger partial charge in [0.05, 0.1) is 30.9 Å². The highest BCUT2D eigenvalue weighted by Crippen LogP contribution is 2.45. The average Bonchev–Trinajstić information content (AvgIpc) is 3.45. The molecule has 10 heteroatoms. The molecule has 5 rings (SSSR count). The van der Waals surface area contributed by atoms with Crippen molar-refractivity contribution in [1.82, 2.24) is 25.1 Å². The number of nitrogens with two attached hydrogens (primary N) is 1. The zero-order valence-corrected chi connectivity index (χ0v) is 17.7. The Morgan fingerprint density at radius 2 is 2.03 bits per heavy atom. The lowest BCUT2D eigenvalue weighted by atomic mass is 10.1. The smallest absolute Gasteiger partial charge is 0.226 e. The van der Waals surface area contributed by atoms with Crippen LogP contribution in [0.15, 0.2) is 24.5 Å². The highest BCUT2D eigenvalue weighted by molar-refractivity contribution is 5.75. The second-order valence-corrected chi connectivity index (χ2v) is 8.15. The molecule has 0 spiro atoms. The number of nitrogens with zero attached hydrogens (tertiary/aromatic N) is 5. The summed E-state index contributed by atoms with van der Waals surface area (Å²) in [5.74, 6) is 2.66. The van der Waals surface area contributed by atoms with Gasteiger partial charge in [-0.1, -0.05) is 0 Å². The van der Waals surface area contributed by atoms with Crippen molar-refractivity contribution in [2.45, 2.75) is 50.2 Å². The van der Waals surface area contributed by atoms with Crippen molar-refractivity contribution in [2.75, 3.05) is 12.4 Å². The first-order chi connectivity index (χ1) is 15.6. The molecular formula is C22H24N8O2. The van der Waals surface area contributed by atoms with E-state index < -0.39 is 0 Å². The van der Waals surface area contributed by atoms with Crippen LogP contribution >= 0.6 is 0 Å². The molecule has 0 amide bonds. The van der Waals surface area contributed by atoms with E-state index in [9.17, 15) is 0 Å². The van der Waals surface area contributed by atoms with Crippen molar-refractivity contribution >= 4 is 11.6 Å². The summed E-state index contributed by atoms with van der Waals surface area (Å²) in [6, 6.07) is 5.80. The van der Waals surface area contributed by atoms with E-state index in [0.717, 1.165) is 37.8 Å². The fraction of sp³-hybridized carbons (Fsp3) is 0.409. The maximum Gasteiger partial charge on any atom is 0.226 e. The lowest BCUT2D eigenvalue weighted by Gasteiger charge is -2.21. The van der Waals surface area contributed by atoms with Crippen LogP contribution in [0.2, 0.25) is 0 Å². The third-order valence-corrected chi connectivity index (χ3v) is 5.81. The van der Waals surface area contributed by atoms with Crippen LogP contribution in [0.25, 0.3) is 11.3 Å². The van der Waals surface area contributed by atoms with Crippen LogP contribution in [-0.4, -0.2) is 44.4 Å². The Balaban J connectivity index is 1.48. The predicted molar refractivity (Wildman–Crippen MR) is 117 cm³/mol. The second kappa shape index (κ2) is 8.43. The van der Waals surface area contributed by atoms with Crippen LogP contribution in [0.3, 0.4) is 0 Å². The Morgan fingerprint density at radius 3 is 2.69 bits per heavy atom. The molecular weight excluding hydrogens is 408 g/mol. The summed E-state index contributed by atoms with van der Waals surface area (Å²) in [6.07, 6.45) is 8.04. The van der Waals surface area contributed by atoms with Crippen LogP contribution in [0, 0.1) is 11.3 Å². The molecule has 2 aliphatic rings. The molecule has 0 bridgehead atoms. The number of nitriles is 1. The number of hydrogen-bond acceptors (Lipinski definition) is 9. The summed E-state index contributed by atoms with van der Waals surface area (Å²) in [6.45, 7) is 0. The maximum atomic E-state index is 8.87. The summed E-state index contributed by atoms with van der Waals surface area (Å²) in [5.41, 5.74) is 8.91. The summed E-state index contributed by atoms with van der Waals surface area (Å²) in [5, 5.41) is 19.3. The van der Waals surface area contributed by atoms with E-state index in [1.54, 1.807) is 7.11 Å². The lowest BCUT2D eigenvalue weighted by Crippen LogP contribution is -2.33. The fourth-order valence-corrected chi connectivity index (χ4v) is 3.95. The molecule has 2 aliphatic carbocycles. The minimum absolute atomic E-state index is 0.0142. The molecule has 3 aromatic rings. The second-order valence-electron chi connectivity index (χ2n) is 8.15. The monoisotopic (exact) mass is 432 g/mol. The fourth-order valence-electron chi connectivity index (χ4n) is 3.95. The van der Waals surface area contributed by atoms with E-state index in [4.69, 9.17) is 25.5 Å². The van der Waals surface area contributed by atoms with Gasteiger partial charge in [-0.3, -0.25) is 5.10 Å². The largest absolute Gasteiger partial charge is 0.488 e. The molecule has 0 saturated heterocycles. The van der Waals surface area contributed by atoms with Gasteiger partial charge >= 0.3 is 0 Å². The minimum atomic E-state index is -0.0395. The molecule has 0 aliphatic heterocycles. The third-order valence-electron chi connectivity index (χ3n) is 5.81. The minimum Gasteiger partial charge on any atom is -0.488 e. The van der Waals surface area contributed by atoms with E-state index in [-0.39, 0.29) is 17.8 Å². The number of ether oxygens (including phenoxy) is 2. The summed E-state index contributed by atoms with van der Waals surface area (Å²) in [4.78, 5) is 12.9. The summed E-state index contributed by atoms with van der Waals surface area (Å²) >= 11 is 0. The van der Waals surface area contributed by atoms with Crippen LogP contribution in [0.1, 0.15) is 49.4 Å². The Kier molecular flexibility index (Phi) is 5.33. The van der Waals surface area contributed by atoms with Gasteiger partial charge in [0, 0.05) is 24.1 Å². The van der Waals surface area contributed by atoms with Crippen molar-refractivity contribution in [3.05, 3.63) is 35.9 Å². The molecule has 0 radical (unpaired) electrons. The van der Waals surface area contributed by atoms with E-state index >= 15 is 0 Å². The summed E-state index contributed by atoms with van der Waals surface area (Å²) in [7, 11) is 1.61. The van der Waals surface area contributed by atoms with Gasteiger partial charge in [-0.15, -0.1) is 0 Å². The van der Waals surface area contributed by atoms with E-state index in [1.165, 1.54) is 12.4 Å². The normalized spacial score (nSPS) is 20.0. The van der Waals surface area contributed by atoms with Crippen molar-refractivity contribution in [1.29, 1.82) is 5.26 Å². The van der Waals surface area contributed by atoms with E-state index in [1.807, 2.05) is 18.2 Å². The average molecular weight is 432 g/mol. The number of hydrogen-bond donors (Lipinski definition) is 3. The first kappa shape index (κ1) is 20.2. The quantitative estimate of drug-likeness (QED) is 0.512. The Morgan fingerprint density at radius 1 is 1.16 bits per heavy atom. The first-order valence-corrected chi connectivity index (χ1v) is 10.7. The van der Waals surface area contributed by atoms with Crippen molar-refractivity contribution in [3.8, 4) is 29.0 Å². The molecule has 4 N–H and O–H groups in total. The maximum absolute atomic E-state index is 8.87. The van der Waals surface area contributed by atoms with Gasteiger partial charge < -0.3 is 20.5 Å². The van der Waals surface area contributed by atoms with Gasteiger partial charge in [0.15, 0.2) is 11.5 Å². The van der Waals surface area contributed by atoms with Gasteiger partial charge in [-0.25, -0.2) is 15.0 Å².